The summed E-state index contributed by atoms with van der Waals surface area (Å²) in [5.74, 6) is -6.04. The lowest BCUT2D eigenvalue weighted by Gasteiger charge is -2.38. The maximum atomic E-state index is 13.3. The molecule has 0 saturated carbocycles. The van der Waals surface area contributed by atoms with Crippen molar-refractivity contribution in [2.45, 2.75) is 81.5 Å². The zero-order valence-electron chi connectivity index (χ0n) is 31.2. The molecule has 1 fully saturated rings. The number of nitrogens with two attached hydrogens (primary N) is 1. The van der Waals surface area contributed by atoms with Crippen LogP contribution in [0.15, 0.2) is 30.4 Å². The smallest absolute Gasteiger partial charge is 0.335 e. The van der Waals surface area contributed by atoms with Crippen LogP contribution in [0.1, 0.15) is 39.0 Å². The second-order valence-electron chi connectivity index (χ2n) is 12.4. The molecule has 1 aromatic rings. The number of nitrogens with one attached hydrogen (secondary N) is 4. The Labute approximate surface area is 321 Å². The predicted molar refractivity (Wildman–Crippen MR) is 188 cm³/mol. The minimum atomic E-state index is -2.00. The van der Waals surface area contributed by atoms with Gasteiger partial charge in [-0.25, -0.2) is 4.79 Å². The molecule has 2 aliphatic heterocycles. The second kappa shape index (κ2) is 22.1. The van der Waals surface area contributed by atoms with E-state index in [1.807, 2.05) is 0 Å². The predicted octanol–water partition coefficient (Wildman–Crippen LogP) is -3.86. The lowest BCUT2D eigenvalue weighted by atomic mass is 9.99. The van der Waals surface area contributed by atoms with Gasteiger partial charge in [0, 0.05) is 51.7 Å². The highest BCUT2D eigenvalue weighted by molar-refractivity contribution is 6.15. The monoisotopic (exact) mass is 795 g/mol. The highest BCUT2D eigenvalue weighted by atomic mass is 16.7. The third-order valence-corrected chi connectivity index (χ3v) is 8.41. The third-order valence-electron chi connectivity index (χ3n) is 8.41. The van der Waals surface area contributed by atoms with Gasteiger partial charge in [-0.05, 0) is 37.0 Å². The molecule has 308 valence electrons. The molecular weight excluding hydrogens is 748 g/mol. The van der Waals surface area contributed by atoms with E-state index in [4.69, 9.17) is 21.3 Å². The Hall–Kier alpha value is -5.52. The molecule has 22 nitrogen and oxygen atoms in total. The molecule has 10 N–H and O–H groups in total. The zero-order chi connectivity index (χ0) is 42.2. The van der Waals surface area contributed by atoms with Gasteiger partial charge in [0.2, 0.25) is 29.9 Å². The minimum Gasteiger partial charge on any atom is -0.479 e. The molecule has 22 heteroatoms. The van der Waals surface area contributed by atoms with Crippen LogP contribution in [0.5, 0.6) is 5.75 Å². The molecule has 0 radical (unpaired) electrons. The van der Waals surface area contributed by atoms with Crippen LogP contribution in [-0.4, -0.2) is 149 Å². The molecule has 56 heavy (non-hydrogen) atoms. The van der Waals surface area contributed by atoms with Gasteiger partial charge in [0.05, 0.1) is 12.3 Å². The van der Waals surface area contributed by atoms with Crippen LogP contribution >= 0.6 is 0 Å². The lowest BCUT2D eigenvalue weighted by molar-refractivity contribution is -0.271. The van der Waals surface area contributed by atoms with Crippen molar-refractivity contribution in [3.63, 3.8) is 0 Å². The van der Waals surface area contributed by atoms with Crippen LogP contribution in [0.3, 0.4) is 0 Å². The highest BCUT2D eigenvalue weighted by Crippen LogP contribution is 2.31. The summed E-state index contributed by atoms with van der Waals surface area (Å²) in [5.41, 5.74) is 5.82. The molecule has 2 heterocycles. The molecule has 0 aliphatic carbocycles. The number of aliphatic hydroxyl groups is 3. The van der Waals surface area contributed by atoms with Gasteiger partial charge >= 0.3 is 5.97 Å². The number of aliphatic hydroxyl groups excluding tert-OH is 3. The van der Waals surface area contributed by atoms with Crippen molar-refractivity contribution in [1.29, 1.82) is 0 Å². The van der Waals surface area contributed by atoms with Gasteiger partial charge in [-0.3, -0.25) is 38.5 Å². The maximum Gasteiger partial charge on any atom is 0.335 e. The van der Waals surface area contributed by atoms with Gasteiger partial charge in [0.1, 0.15) is 42.8 Å². The van der Waals surface area contributed by atoms with E-state index in [2.05, 4.69) is 26.0 Å². The first-order chi connectivity index (χ1) is 27.1. The standard InChI is InChI=1S/C34H46N6O16/c1-53-13-10-23(42)36-11-3-2-4-19(39-32(50)21(15-35)40-25(44)7-8-26(40)45)31(49)37-12-9-24(43)38-20-14-18(16-54-17-41)5-6-22(20)55-34-29(48)27(46)28(47)30(56-34)33(51)52/h5-8,14,17,19,21,27-30,34,46-48H,2-4,9-13,15-16,35H2,1H3,(H,36,42)(H,37,49)(H,38,43)(H,39,50)(H,51,52)/t19-,21?,27-,28-,29+,30-,34+/m0/s1/i17D. The van der Waals surface area contributed by atoms with E-state index in [0.29, 0.717) is 17.7 Å². The number of benzene rings is 1. The fraction of sp³-hybridized carbons (Fsp3) is 0.529. The van der Waals surface area contributed by atoms with Crippen molar-refractivity contribution in [3.05, 3.63) is 35.9 Å². The fourth-order valence-corrected chi connectivity index (χ4v) is 5.46. The summed E-state index contributed by atoms with van der Waals surface area (Å²) in [6.07, 6.45) is -8.68. The van der Waals surface area contributed by atoms with Crippen LogP contribution in [-0.2, 0) is 59.2 Å². The number of nitrogens with zero attached hydrogens (tertiary/aromatic N) is 1. The average Bonchev–Trinajstić information content (AvgIpc) is 3.49. The molecule has 0 spiro atoms. The maximum absolute atomic E-state index is 13.3. The summed E-state index contributed by atoms with van der Waals surface area (Å²) in [6.45, 7) is -0.674. The molecule has 1 aromatic carbocycles. The van der Waals surface area contributed by atoms with Gasteiger partial charge in [-0.15, -0.1) is 0 Å². The van der Waals surface area contributed by atoms with Crippen LogP contribution in [0, 0.1) is 0 Å². The summed E-state index contributed by atoms with van der Waals surface area (Å²) < 4.78 is 27.2. The number of aliphatic carboxylic acids is 1. The van der Waals surface area contributed by atoms with Crippen molar-refractivity contribution in [1.82, 2.24) is 20.9 Å². The molecular formula is C34H46N6O16. The second-order valence-corrected chi connectivity index (χ2v) is 12.4. The molecule has 1 saturated heterocycles. The Morgan fingerprint density at radius 2 is 1.70 bits per heavy atom. The molecule has 7 atom stereocenters. The molecule has 3 rings (SSSR count). The number of amides is 6. The number of carboxylic acids is 1. The Morgan fingerprint density at radius 3 is 2.34 bits per heavy atom. The molecule has 2 aliphatic rings. The number of rotatable bonds is 22. The number of carbonyl (C=O) groups excluding carboxylic acids is 7. The first-order valence-corrected chi connectivity index (χ1v) is 17.3. The SMILES string of the molecule is [2H]C(=O)OCc1ccc(O[C@@H]2O[C@H](C(=O)O)[C@@H](O)[C@H](O)[C@H]2O)c(NC(=O)CCNC(=O)[C@H](CCCCNC(=O)CCOC)NC(=O)C(CN)N2C(=O)C=CC2=O)c1. The van der Waals surface area contributed by atoms with Crippen LogP contribution in [0.25, 0.3) is 0 Å². The summed E-state index contributed by atoms with van der Waals surface area (Å²) >= 11 is 0. The summed E-state index contributed by atoms with van der Waals surface area (Å²) in [6, 6.07) is 1.16. The van der Waals surface area contributed by atoms with Crippen molar-refractivity contribution in [2.75, 3.05) is 38.7 Å². The van der Waals surface area contributed by atoms with Gasteiger partial charge in [0.25, 0.3) is 18.3 Å². The number of carbonyl (C=O) groups is 8. The van der Waals surface area contributed by atoms with Crippen LogP contribution in [0.2, 0.25) is 0 Å². The van der Waals surface area contributed by atoms with Crippen molar-refractivity contribution < 1.29 is 79.1 Å². The number of unbranched alkanes of at least 4 members (excludes halogenated alkanes) is 1. The Kier molecular flexibility index (Phi) is 17.1. The minimum absolute atomic E-state index is 0.0368. The summed E-state index contributed by atoms with van der Waals surface area (Å²) in [5, 5.41) is 50.2. The fourth-order valence-electron chi connectivity index (χ4n) is 5.46. The molecule has 0 bridgehead atoms. The number of hydrogen-bond donors (Lipinski definition) is 9. The Morgan fingerprint density at radius 1 is 0.982 bits per heavy atom. The third kappa shape index (κ3) is 12.8. The number of anilines is 1. The Balaban J connectivity index is 1.69. The van der Waals surface area contributed by atoms with Crippen molar-refractivity contribution >= 4 is 53.5 Å². The normalized spacial score (nSPS) is 21.7. The zero-order valence-corrected chi connectivity index (χ0v) is 30.2. The first-order valence-electron chi connectivity index (χ1n) is 17.8. The lowest BCUT2D eigenvalue weighted by Crippen LogP contribution is -2.61. The number of ether oxygens (including phenoxy) is 4. The van der Waals surface area contributed by atoms with E-state index in [1.54, 1.807) is 0 Å². The van der Waals surface area contributed by atoms with Crippen molar-refractivity contribution in [3.8, 4) is 5.75 Å². The summed E-state index contributed by atoms with van der Waals surface area (Å²) in [4.78, 5) is 99.2. The highest BCUT2D eigenvalue weighted by Gasteiger charge is 2.48. The largest absolute Gasteiger partial charge is 0.479 e. The number of imide groups is 1. The van der Waals surface area contributed by atoms with E-state index in [1.165, 1.54) is 25.3 Å². The van der Waals surface area contributed by atoms with E-state index >= 15 is 0 Å². The van der Waals surface area contributed by atoms with Crippen LogP contribution in [0.4, 0.5) is 5.69 Å². The number of carboxylic acid groups (broad SMARTS) is 1. The Bertz CT molecular complexity index is 1660. The van der Waals surface area contributed by atoms with Gasteiger partial charge in [-0.2, -0.15) is 0 Å². The molecule has 1 unspecified atom stereocenters. The van der Waals surface area contributed by atoms with Gasteiger partial charge in [0.15, 0.2) is 7.47 Å². The first kappa shape index (κ1) is 43.2. The average molecular weight is 796 g/mol. The van der Waals surface area contributed by atoms with E-state index in [0.717, 1.165) is 12.2 Å². The number of hydrogen-bond acceptors (Lipinski definition) is 16. The van der Waals surface area contributed by atoms with Crippen molar-refractivity contribution in [2.24, 2.45) is 5.73 Å². The molecule has 6 amide bonds. The van der Waals surface area contributed by atoms with E-state index in [-0.39, 0.29) is 55.4 Å². The quantitative estimate of drug-likeness (QED) is 0.0308. The molecule has 0 aromatic heterocycles. The van der Waals surface area contributed by atoms with Gasteiger partial charge in [-0.1, -0.05) is 6.07 Å². The number of methoxy groups -OCH3 is 1. The van der Waals surface area contributed by atoms with E-state index in [9.17, 15) is 58.8 Å². The van der Waals surface area contributed by atoms with E-state index < -0.39 is 104 Å². The topological polar surface area (TPSA) is 332 Å². The van der Waals surface area contributed by atoms with Crippen LogP contribution < -0.4 is 31.7 Å². The summed E-state index contributed by atoms with van der Waals surface area (Å²) in [7, 11) is 1.46. The van der Waals surface area contributed by atoms with Gasteiger partial charge < -0.3 is 66.4 Å².